The van der Waals surface area contributed by atoms with Crippen LogP contribution in [-0.4, -0.2) is 23.1 Å². The monoisotopic (exact) mass is 302 g/mol. The molecule has 0 amide bonds. The second-order valence-corrected chi connectivity index (χ2v) is 5.58. The van der Waals surface area contributed by atoms with Gasteiger partial charge in [0.2, 0.25) is 5.82 Å². The predicted molar refractivity (Wildman–Crippen MR) is 76.2 cm³/mol. The molecule has 2 rings (SSSR count). The zero-order valence-corrected chi connectivity index (χ0v) is 12.3. The zero-order chi connectivity index (χ0) is 15.5. The Morgan fingerprint density at radius 3 is 2.43 bits per heavy atom. The summed E-state index contributed by atoms with van der Waals surface area (Å²) in [4.78, 5) is 7.09. The van der Waals surface area contributed by atoms with Crippen LogP contribution in [0.1, 0.15) is 44.9 Å². The summed E-state index contributed by atoms with van der Waals surface area (Å²) in [6, 6.07) is 1.68. The van der Waals surface area contributed by atoms with E-state index < -0.39 is 12.0 Å². The topological polar surface area (TPSA) is 49.8 Å². The Morgan fingerprint density at radius 1 is 1.10 bits per heavy atom. The molecular weight excluding hydrogens is 281 g/mol. The Kier molecular flexibility index (Phi) is 4.90. The van der Waals surface area contributed by atoms with Crippen molar-refractivity contribution >= 4 is 11.6 Å². The van der Waals surface area contributed by atoms with E-state index >= 15 is 0 Å². The summed E-state index contributed by atoms with van der Waals surface area (Å²) in [6.07, 6.45) is 0.964. The van der Waals surface area contributed by atoms with Gasteiger partial charge in [0.15, 0.2) is 0 Å². The molecule has 0 spiro atoms. The van der Waals surface area contributed by atoms with Crippen LogP contribution in [0.4, 0.5) is 24.8 Å². The lowest BCUT2D eigenvalue weighted by Crippen LogP contribution is -2.27. The molecule has 4 nitrogen and oxygen atoms in total. The van der Waals surface area contributed by atoms with Crippen molar-refractivity contribution in [2.75, 3.05) is 17.7 Å². The maximum atomic E-state index is 12.8. The van der Waals surface area contributed by atoms with Gasteiger partial charge in [0, 0.05) is 19.2 Å². The molecule has 118 valence electrons. The molecule has 1 saturated carbocycles. The molecule has 1 aromatic rings. The van der Waals surface area contributed by atoms with Crippen LogP contribution < -0.4 is 10.6 Å². The Labute approximate surface area is 122 Å². The highest BCUT2D eigenvalue weighted by molar-refractivity contribution is 5.48. The number of nitrogens with zero attached hydrogens (tertiary/aromatic N) is 2. The van der Waals surface area contributed by atoms with E-state index in [4.69, 9.17) is 0 Å². The van der Waals surface area contributed by atoms with Crippen molar-refractivity contribution in [2.24, 2.45) is 5.92 Å². The van der Waals surface area contributed by atoms with Crippen LogP contribution in [0.5, 0.6) is 0 Å². The van der Waals surface area contributed by atoms with Crippen LogP contribution in [0.15, 0.2) is 6.07 Å². The molecule has 0 radical (unpaired) electrons. The fourth-order valence-corrected chi connectivity index (χ4v) is 2.67. The van der Waals surface area contributed by atoms with Gasteiger partial charge in [-0.25, -0.2) is 9.97 Å². The molecule has 21 heavy (non-hydrogen) atoms. The van der Waals surface area contributed by atoms with Gasteiger partial charge in [-0.2, -0.15) is 13.2 Å². The Balaban J connectivity index is 2.22. The SMILES string of the molecule is CNc1cc(NC2CCCCCC2C)nc(C(F)(F)F)n1. The van der Waals surface area contributed by atoms with Crippen molar-refractivity contribution in [3.63, 3.8) is 0 Å². The van der Waals surface area contributed by atoms with Crippen molar-refractivity contribution < 1.29 is 13.2 Å². The number of hydrogen-bond acceptors (Lipinski definition) is 4. The van der Waals surface area contributed by atoms with Crippen LogP contribution >= 0.6 is 0 Å². The second kappa shape index (κ2) is 6.49. The lowest BCUT2D eigenvalue weighted by molar-refractivity contribution is -0.144. The summed E-state index contributed by atoms with van der Waals surface area (Å²) in [5.74, 6) is -0.283. The Hall–Kier alpha value is -1.53. The van der Waals surface area contributed by atoms with Crippen molar-refractivity contribution in [1.82, 2.24) is 9.97 Å². The quantitative estimate of drug-likeness (QED) is 0.831. The third-order valence-corrected chi connectivity index (χ3v) is 3.93. The number of halogens is 3. The maximum Gasteiger partial charge on any atom is 0.451 e. The molecule has 1 aliphatic rings. The Morgan fingerprint density at radius 2 is 1.76 bits per heavy atom. The fraction of sp³-hybridized carbons (Fsp3) is 0.714. The van der Waals surface area contributed by atoms with Gasteiger partial charge >= 0.3 is 6.18 Å². The van der Waals surface area contributed by atoms with Gasteiger partial charge in [-0.3, -0.25) is 0 Å². The molecule has 1 heterocycles. The van der Waals surface area contributed by atoms with E-state index in [0.29, 0.717) is 5.92 Å². The summed E-state index contributed by atoms with van der Waals surface area (Å²) in [6.45, 7) is 2.13. The number of aromatic nitrogens is 2. The third kappa shape index (κ3) is 4.22. The summed E-state index contributed by atoms with van der Waals surface area (Å²) in [5.41, 5.74) is 0. The first-order valence-corrected chi connectivity index (χ1v) is 7.30. The van der Waals surface area contributed by atoms with Crippen molar-refractivity contribution in [3.8, 4) is 0 Å². The first-order valence-electron chi connectivity index (χ1n) is 7.30. The molecule has 2 atom stereocenters. The first-order chi connectivity index (χ1) is 9.90. The van der Waals surface area contributed by atoms with Gasteiger partial charge in [-0.1, -0.05) is 26.2 Å². The minimum Gasteiger partial charge on any atom is -0.373 e. The molecule has 0 saturated heterocycles. The fourth-order valence-electron chi connectivity index (χ4n) is 2.67. The second-order valence-electron chi connectivity index (χ2n) is 5.58. The highest BCUT2D eigenvalue weighted by atomic mass is 19.4. The number of nitrogens with one attached hydrogen (secondary N) is 2. The van der Waals surface area contributed by atoms with E-state index in [9.17, 15) is 13.2 Å². The number of rotatable bonds is 3. The van der Waals surface area contributed by atoms with Crippen LogP contribution in [0.25, 0.3) is 0 Å². The van der Waals surface area contributed by atoms with Gasteiger partial charge in [0.05, 0.1) is 0 Å². The molecule has 7 heteroatoms. The van der Waals surface area contributed by atoms with E-state index in [2.05, 4.69) is 27.5 Å². The number of anilines is 2. The van der Waals surface area contributed by atoms with Gasteiger partial charge in [0.1, 0.15) is 11.6 Å². The third-order valence-electron chi connectivity index (χ3n) is 3.93. The summed E-state index contributed by atoms with van der Waals surface area (Å²) < 4.78 is 38.5. The van der Waals surface area contributed by atoms with Crippen LogP contribution in [0, 0.1) is 5.92 Å². The Bertz CT molecular complexity index is 476. The average Bonchev–Trinajstić information content (AvgIpc) is 2.63. The first kappa shape index (κ1) is 15.9. The van der Waals surface area contributed by atoms with E-state index in [1.54, 1.807) is 7.05 Å². The molecule has 2 N–H and O–H groups in total. The molecule has 2 unspecified atom stereocenters. The molecule has 1 aliphatic carbocycles. The van der Waals surface area contributed by atoms with Gasteiger partial charge in [-0.05, 0) is 18.8 Å². The molecule has 1 fully saturated rings. The van der Waals surface area contributed by atoms with E-state index in [1.165, 1.54) is 18.9 Å². The summed E-state index contributed by atoms with van der Waals surface area (Å²) in [5, 5.41) is 5.82. The minimum atomic E-state index is -4.54. The van der Waals surface area contributed by atoms with Crippen LogP contribution in [0.2, 0.25) is 0 Å². The van der Waals surface area contributed by atoms with Gasteiger partial charge < -0.3 is 10.6 Å². The van der Waals surface area contributed by atoms with Crippen LogP contribution in [0.3, 0.4) is 0 Å². The van der Waals surface area contributed by atoms with Crippen molar-refractivity contribution in [3.05, 3.63) is 11.9 Å². The summed E-state index contributed by atoms with van der Waals surface area (Å²) in [7, 11) is 1.54. The van der Waals surface area contributed by atoms with E-state index in [-0.39, 0.29) is 17.7 Å². The molecule has 0 bridgehead atoms. The van der Waals surface area contributed by atoms with E-state index in [0.717, 1.165) is 19.3 Å². The molecule has 0 aromatic carbocycles. The smallest absolute Gasteiger partial charge is 0.373 e. The molecule has 0 aliphatic heterocycles. The summed E-state index contributed by atoms with van der Waals surface area (Å²) >= 11 is 0. The highest BCUT2D eigenvalue weighted by Crippen LogP contribution is 2.30. The largest absolute Gasteiger partial charge is 0.451 e. The van der Waals surface area contributed by atoms with E-state index in [1.807, 2.05) is 0 Å². The minimum absolute atomic E-state index is 0.160. The lowest BCUT2D eigenvalue weighted by Gasteiger charge is -2.24. The van der Waals surface area contributed by atoms with Gasteiger partial charge in [-0.15, -0.1) is 0 Å². The molecular formula is C14H21F3N4. The van der Waals surface area contributed by atoms with Gasteiger partial charge in [0.25, 0.3) is 0 Å². The van der Waals surface area contributed by atoms with Crippen molar-refractivity contribution in [2.45, 2.75) is 51.2 Å². The number of alkyl halides is 3. The normalized spacial score (nSPS) is 23.5. The zero-order valence-electron chi connectivity index (χ0n) is 12.3. The predicted octanol–water partition coefficient (Wildman–Crippen LogP) is 3.92. The molecule has 1 aromatic heterocycles. The number of hydrogen-bond donors (Lipinski definition) is 2. The average molecular weight is 302 g/mol. The highest BCUT2D eigenvalue weighted by Gasteiger charge is 2.35. The standard InChI is InChI=1S/C14H21F3N4/c1-9-6-4-3-5-7-10(9)19-12-8-11(18-2)20-13(21-12)14(15,16)17/h8-10H,3-7H2,1-2H3,(H2,18,19,20,21). The van der Waals surface area contributed by atoms with Crippen LogP contribution in [-0.2, 0) is 6.18 Å². The lowest BCUT2D eigenvalue weighted by atomic mass is 9.97. The maximum absolute atomic E-state index is 12.8. The van der Waals surface area contributed by atoms with Crippen molar-refractivity contribution in [1.29, 1.82) is 0 Å².